The zero-order valence-corrected chi connectivity index (χ0v) is 21.5. The first-order chi connectivity index (χ1) is 17.6. The Labute approximate surface area is 214 Å². The molecule has 1 fully saturated rings. The molecule has 1 aliphatic heterocycles. The lowest BCUT2D eigenvalue weighted by molar-refractivity contribution is -0.141. The van der Waals surface area contributed by atoms with Crippen LogP contribution >= 0.6 is 0 Å². The van der Waals surface area contributed by atoms with E-state index in [0.717, 1.165) is 54.1 Å². The van der Waals surface area contributed by atoms with Gasteiger partial charge in [0.15, 0.2) is 11.5 Å². The molecule has 1 saturated carbocycles. The molecule has 2 amide bonds. The van der Waals surface area contributed by atoms with Gasteiger partial charge in [-0.15, -0.1) is 0 Å². The summed E-state index contributed by atoms with van der Waals surface area (Å²) in [7, 11) is 1.63. The summed E-state index contributed by atoms with van der Waals surface area (Å²) >= 11 is 0. The van der Waals surface area contributed by atoms with Crippen LogP contribution in [0.5, 0.6) is 17.2 Å². The minimum atomic E-state index is -0.522. The van der Waals surface area contributed by atoms with Crippen LogP contribution in [0.1, 0.15) is 63.0 Å². The van der Waals surface area contributed by atoms with Crippen LogP contribution < -0.4 is 19.5 Å². The van der Waals surface area contributed by atoms with Crippen molar-refractivity contribution in [2.45, 2.75) is 76.9 Å². The van der Waals surface area contributed by atoms with Crippen molar-refractivity contribution in [2.75, 3.05) is 20.3 Å². The molecule has 0 unspecified atom stereocenters. The van der Waals surface area contributed by atoms with Gasteiger partial charge in [0, 0.05) is 19.0 Å². The van der Waals surface area contributed by atoms with Crippen molar-refractivity contribution in [3.63, 3.8) is 0 Å². The number of ether oxygens (including phenoxy) is 3. The van der Waals surface area contributed by atoms with Crippen LogP contribution in [0.25, 0.3) is 0 Å². The summed E-state index contributed by atoms with van der Waals surface area (Å²) in [4.78, 5) is 28.7. The molecule has 7 heteroatoms. The molecule has 1 heterocycles. The largest absolute Gasteiger partial charge is 0.497 e. The standard InChI is InChI=1S/C29H38N2O5/c1-3-25(29(33)30-23-9-5-4-6-10-23)31(20-22-8-7-11-24(18-22)34-2)28(32)15-13-21-12-14-26-27(19-21)36-17-16-35-26/h7-8,11-12,14,18-19,23,25H,3-6,9-10,13,15-17,20H2,1-2H3,(H,30,33)/t25-/m1/s1. The van der Waals surface area contributed by atoms with Crippen LogP contribution in [0.2, 0.25) is 0 Å². The average Bonchev–Trinajstić information content (AvgIpc) is 2.92. The van der Waals surface area contributed by atoms with Crippen molar-refractivity contribution >= 4 is 11.8 Å². The summed E-state index contributed by atoms with van der Waals surface area (Å²) < 4.78 is 16.7. The number of fused-ring (bicyclic) bond motifs is 1. The highest BCUT2D eigenvalue weighted by molar-refractivity contribution is 5.88. The topological polar surface area (TPSA) is 77.1 Å². The van der Waals surface area contributed by atoms with E-state index in [9.17, 15) is 9.59 Å². The van der Waals surface area contributed by atoms with Gasteiger partial charge in [-0.05, 0) is 61.1 Å². The number of carbonyl (C=O) groups is 2. The Morgan fingerprint density at radius 1 is 1.03 bits per heavy atom. The molecule has 0 aromatic heterocycles. The Bertz CT molecular complexity index is 1030. The van der Waals surface area contributed by atoms with E-state index in [1.165, 1.54) is 6.42 Å². The molecule has 1 aliphatic carbocycles. The van der Waals surface area contributed by atoms with Crippen LogP contribution in [-0.4, -0.2) is 49.1 Å². The zero-order chi connectivity index (χ0) is 25.3. The summed E-state index contributed by atoms with van der Waals surface area (Å²) in [6, 6.07) is 13.2. The first-order valence-electron chi connectivity index (χ1n) is 13.2. The van der Waals surface area contributed by atoms with Crippen molar-refractivity contribution in [1.82, 2.24) is 10.2 Å². The van der Waals surface area contributed by atoms with Crippen molar-refractivity contribution in [1.29, 1.82) is 0 Å². The third kappa shape index (κ3) is 6.71. The molecule has 0 radical (unpaired) electrons. The van der Waals surface area contributed by atoms with E-state index in [-0.39, 0.29) is 17.9 Å². The number of methoxy groups -OCH3 is 1. The minimum Gasteiger partial charge on any atom is -0.497 e. The Balaban J connectivity index is 1.49. The van der Waals surface area contributed by atoms with Gasteiger partial charge in [-0.3, -0.25) is 9.59 Å². The number of nitrogens with one attached hydrogen (secondary N) is 1. The monoisotopic (exact) mass is 494 g/mol. The van der Waals surface area contributed by atoms with E-state index in [0.29, 0.717) is 39.0 Å². The maximum absolute atomic E-state index is 13.6. The lowest BCUT2D eigenvalue weighted by Crippen LogP contribution is -2.51. The van der Waals surface area contributed by atoms with Gasteiger partial charge in [-0.2, -0.15) is 0 Å². The van der Waals surface area contributed by atoms with E-state index >= 15 is 0 Å². The van der Waals surface area contributed by atoms with Crippen molar-refractivity contribution < 1.29 is 23.8 Å². The molecule has 1 atom stereocenters. The predicted octanol–water partition coefficient (Wildman–Crippen LogP) is 4.66. The second kappa shape index (κ2) is 12.7. The van der Waals surface area contributed by atoms with Gasteiger partial charge in [-0.25, -0.2) is 0 Å². The fraction of sp³-hybridized carbons (Fsp3) is 0.517. The van der Waals surface area contributed by atoms with Crippen LogP contribution in [0.3, 0.4) is 0 Å². The molecule has 2 aliphatic rings. The normalized spacial score (nSPS) is 16.2. The van der Waals surface area contributed by atoms with Crippen molar-refractivity contribution in [2.24, 2.45) is 0 Å². The van der Waals surface area contributed by atoms with Gasteiger partial charge >= 0.3 is 0 Å². The fourth-order valence-electron chi connectivity index (χ4n) is 5.07. The number of hydrogen-bond acceptors (Lipinski definition) is 5. The number of aryl methyl sites for hydroxylation is 1. The van der Waals surface area contributed by atoms with Gasteiger partial charge in [0.25, 0.3) is 0 Å². The third-order valence-corrected chi connectivity index (χ3v) is 7.06. The predicted molar refractivity (Wildman–Crippen MR) is 138 cm³/mol. The molecule has 4 rings (SSSR count). The van der Waals surface area contributed by atoms with Crippen molar-refractivity contribution in [3.05, 3.63) is 53.6 Å². The van der Waals surface area contributed by atoms with E-state index in [4.69, 9.17) is 14.2 Å². The maximum atomic E-state index is 13.6. The van der Waals surface area contributed by atoms with E-state index in [2.05, 4.69) is 5.32 Å². The molecule has 0 bridgehead atoms. The number of benzene rings is 2. The summed E-state index contributed by atoms with van der Waals surface area (Å²) in [6.45, 7) is 3.40. The van der Waals surface area contributed by atoms with Crippen LogP contribution in [0.4, 0.5) is 0 Å². The van der Waals surface area contributed by atoms with Gasteiger partial charge in [0.2, 0.25) is 11.8 Å². The smallest absolute Gasteiger partial charge is 0.243 e. The molecular weight excluding hydrogens is 456 g/mol. The molecule has 36 heavy (non-hydrogen) atoms. The summed E-state index contributed by atoms with van der Waals surface area (Å²) in [5.41, 5.74) is 1.94. The molecule has 194 valence electrons. The highest BCUT2D eigenvalue weighted by Gasteiger charge is 2.30. The minimum absolute atomic E-state index is 0.0432. The fourth-order valence-corrected chi connectivity index (χ4v) is 5.07. The highest BCUT2D eigenvalue weighted by Crippen LogP contribution is 2.31. The Morgan fingerprint density at radius 3 is 2.56 bits per heavy atom. The molecule has 2 aromatic carbocycles. The van der Waals surface area contributed by atoms with E-state index < -0.39 is 6.04 Å². The Kier molecular flexibility index (Phi) is 9.09. The SMILES string of the molecule is CC[C@H](C(=O)NC1CCCCC1)N(Cc1cccc(OC)c1)C(=O)CCc1ccc2c(c1)OCCO2. The lowest BCUT2D eigenvalue weighted by atomic mass is 9.95. The van der Waals surface area contributed by atoms with Gasteiger partial charge in [0.05, 0.1) is 7.11 Å². The number of nitrogens with zero attached hydrogens (tertiary/aromatic N) is 1. The van der Waals surface area contributed by atoms with Gasteiger partial charge in [0.1, 0.15) is 25.0 Å². The summed E-state index contributed by atoms with van der Waals surface area (Å²) in [6.07, 6.45) is 6.95. The number of rotatable bonds is 10. The van der Waals surface area contributed by atoms with Crippen LogP contribution in [0, 0.1) is 0 Å². The average molecular weight is 495 g/mol. The van der Waals surface area contributed by atoms with Crippen molar-refractivity contribution in [3.8, 4) is 17.2 Å². The number of amides is 2. The first kappa shape index (κ1) is 25.9. The lowest BCUT2D eigenvalue weighted by Gasteiger charge is -2.33. The molecule has 0 spiro atoms. The molecule has 0 saturated heterocycles. The van der Waals surface area contributed by atoms with E-state index in [1.54, 1.807) is 12.0 Å². The van der Waals surface area contributed by atoms with Crippen LogP contribution in [0.15, 0.2) is 42.5 Å². The summed E-state index contributed by atoms with van der Waals surface area (Å²) in [5, 5.41) is 3.23. The van der Waals surface area contributed by atoms with E-state index in [1.807, 2.05) is 49.4 Å². The molecule has 7 nitrogen and oxygen atoms in total. The number of hydrogen-bond donors (Lipinski definition) is 1. The quantitative estimate of drug-likeness (QED) is 0.520. The highest BCUT2D eigenvalue weighted by atomic mass is 16.6. The second-order valence-electron chi connectivity index (χ2n) is 9.62. The zero-order valence-electron chi connectivity index (χ0n) is 21.5. The van der Waals surface area contributed by atoms with Crippen LogP contribution in [-0.2, 0) is 22.6 Å². The molecular formula is C29H38N2O5. The Morgan fingerprint density at radius 2 is 1.81 bits per heavy atom. The molecule has 2 aromatic rings. The molecule has 1 N–H and O–H groups in total. The Hall–Kier alpha value is -3.22. The van der Waals surface area contributed by atoms with Gasteiger partial charge in [-0.1, -0.05) is 44.4 Å². The second-order valence-corrected chi connectivity index (χ2v) is 9.62. The first-order valence-corrected chi connectivity index (χ1v) is 13.2. The third-order valence-electron chi connectivity index (χ3n) is 7.06. The maximum Gasteiger partial charge on any atom is 0.243 e. The van der Waals surface area contributed by atoms with Gasteiger partial charge < -0.3 is 24.4 Å². The number of carbonyl (C=O) groups excluding carboxylic acids is 2. The summed E-state index contributed by atoms with van der Waals surface area (Å²) in [5.74, 6) is 2.09.